The molecule has 8 heteroatoms. The third kappa shape index (κ3) is 6.79. The summed E-state index contributed by atoms with van der Waals surface area (Å²) < 4.78 is 44.7. The fraction of sp³-hybridized carbons (Fsp3) is 0.240. The summed E-state index contributed by atoms with van der Waals surface area (Å²) in [6, 6.07) is 17.8. The van der Waals surface area contributed by atoms with E-state index in [1.807, 2.05) is 32.0 Å². The zero-order chi connectivity index (χ0) is 24.0. The number of anilines is 1. The smallest absolute Gasteiger partial charge is 0.251 e. The molecule has 0 heterocycles. The number of carbonyl (C=O) groups is 1. The van der Waals surface area contributed by atoms with Crippen LogP contribution in [0.4, 0.5) is 10.1 Å². The van der Waals surface area contributed by atoms with Crippen LogP contribution in [0.1, 0.15) is 27.0 Å². The van der Waals surface area contributed by atoms with Crippen molar-refractivity contribution in [2.75, 3.05) is 23.7 Å². The van der Waals surface area contributed by atoms with Gasteiger partial charge in [0.05, 0.1) is 25.0 Å². The maximum Gasteiger partial charge on any atom is 0.251 e. The van der Waals surface area contributed by atoms with Crippen molar-refractivity contribution >= 4 is 21.6 Å². The van der Waals surface area contributed by atoms with Gasteiger partial charge in [0.15, 0.2) is 0 Å². The number of aryl methyl sites for hydroxylation is 2. The van der Waals surface area contributed by atoms with Crippen LogP contribution in [-0.4, -0.2) is 33.7 Å². The van der Waals surface area contributed by atoms with Gasteiger partial charge >= 0.3 is 0 Å². The lowest BCUT2D eigenvalue weighted by atomic mass is 10.1. The standard InChI is InChI=1S/C25H27FN2O4S/c1-18-4-13-24(16-19(18)2)32-15-14-27-25(29)21-7-11-23(12-8-21)28(33(3,30)31)17-20-5-9-22(26)10-6-20/h4-13,16H,14-15,17H2,1-3H3,(H,27,29). The van der Waals surface area contributed by atoms with Crippen LogP contribution in [0.3, 0.4) is 0 Å². The van der Waals surface area contributed by atoms with Gasteiger partial charge in [0.25, 0.3) is 5.91 Å². The topological polar surface area (TPSA) is 75.7 Å². The Morgan fingerprint density at radius 1 is 0.970 bits per heavy atom. The van der Waals surface area contributed by atoms with E-state index in [9.17, 15) is 17.6 Å². The number of ether oxygens (including phenoxy) is 1. The zero-order valence-electron chi connectivity index (χ0n) is 18.8. The monoisotopic (exact) mass is 470 g/mol. The van der Waals surface area contributed by atoms with Gasteiger partial charge in [-0.25, -0.2) is 12.8 Å². The van der Waals surface area contributed by atoms with E-state index in [4.69, 9.17) is 4.74 Å². The van der Waals surface area contributed by atoms with Crippen LogP contribution in [0.5, 0.6) is 5.75 Å². The van der Waals surface area contributed by atoms with Crippen molar-refractivity contribution in [1.29, 1.82) is 0 Å². The first-order valence-corrected chi connectivity index (χ1v) is 12.3. The van der Waals surface area contributed by atoms with Crippen molar-refractivity contribution in [3.63, 3.8) is 0 Å². The van der Waals surface area contributed by atoms with Crippen LogP contribution < -0.4 is 14.4 Å². The normalized spacial score (nSPS) is 11.2. The Kier molecular flexibility index (Phi) is 7.71. The van der Waals surface area contributed by atoms with E-state index in [1.54, 1.807) is 24.3 Å². The summed E-state index contributed by atoms with van der Waals surface area (Å²) in [4.78, 5) is 12.4. The Hall–Kier alpha value is -3.39. The second-order valence-electron chi connectivity index (χ2n) is 7.79. The molecule has 0 aliphatic carbocycles. The van der Waals surface area contributed by atoms with Crippen LogP contribution in [0.2, 0.25) is 0 Å². The number of nitrogens with zero attached hydrogens (tertiary/aromatic N) is 1. The van der Waals surface area contributed by atoms with E-state index < -0.39 is 10.0 Å². The molecule has 33 heavy (non-hydrogen) atoms. The summed E-state index contributed by atoms with van der Waals surface area (Å²) in [5.74, 6) is 0.0767. The van der Waals surface area contributed by atoms with Crippen molar-refractivity contribution < 1.29 is 22.3 Å². The van der Waals surface area contributed by atoms with Gasteiger partial charge in [0.2, 0.25) is 10.0 Å². The van der Waals surface area contributed by atoms with Crippen molar-refractivity contribution in [1.82, 2.24) is 5.32 Å². The second kappa shape index (κ2) is 10.5. The molecule has 6 nitrogen and oxygen atoms in total. The van der Waals surface area contributed by atoms with Gasteiger partial charge in [0.1, 0.15) is 18.2 Å². The quantitative estimate of drug-likeness (QED) is 0.475. The molecule has 0 unspecified atom stereocenters. The van der Waals surface area contributed by atoms with E-state index in [0.717, 1.165) is 17.6 Å². The molecule has 0 bridgehead atoms. The van der Waals surface area contributed by atoms with E-state index in [-0.39, 0.29) is 18.3 Å². The first kappa shape index (κ1) is 24.3. The van der Waals surface area contributed by atoms with Gasteiger partial charge in [-0.3, -0.25) is 9.10 Å². The highest BCUT2D eigenvalue weighted by Gasteiger charge is 2.18. The van der Waals surface area contributed by atoms with E-state index in [1.165, 1.54) is 34.1 Å². The molecule has 174 valence electrons. The van der Waals surface area contributed by atoms with Crippen molar-refractivity contribution in [2.45, 2.75) is 20.4 Å². The Bertz CT molecular complexity index is 1210. The highest BCUT2D eigenvalue weighted by atomic mass is 32.2. The molecule has 0 atom stereocenters. The van der Waals surface area contributed by atoms with Gasteiger partial charge in [-0.05, 0) is 79.1 Å². The average Bonchev–Trinajstić information content (AvgIpc) is 2.78. The maximum absolute atomic E-state index is 13.2. The zero-order valence-corrected chi connectivity index (χ0v) is 19.7. The molecule has 0 aliphatic heterocycles. The highest BCUT2D eigenvalue weighted by Crippen LogP contribution is 2.21. The molecule has 3 aromatic carbocycles. The molecule has 0 saturated heterocycles. The number of benzene rings is 3. The van der Waals surface area contributed by atoms with Crippen LogP contribution in [0, 0.1) is 19.7 Å². The SMILES string of the molecule is Cc1ccc(OCCNC(=O)c2ccc(N(Cc3ccc(F)cc3)S(C)(=O)=O)cc2)cc1C. The third-order valence-electron chi connectivity index (χ3n) is 5.19. The lowest BCUT2D eigenvalue weighted by Crippen LogP contribution is -2.30. The summed E-state index contributed by atoms with van der Waals surface area (Å²) in [7, 11) is -3.59. The fourth-order valence-corrected chi connectivity index (χ4v) is 4.06. The summed E-state index contributed by atoms with van der Waals surface area (Å²) in [5, 5.41) is 2.79. The third-order valence-corrected chi connectivity index (χ3v) is 6.33. The predicted octanol–water partition coefficient (Wildman–Crippen LogP) is 4.22. The summed E-state index contributed by atoms with van der Waals surface area (Å²) in [6.45, 7) is 4.75. The number of amides is 1. The van der Waals surface area contributed by atoms with Gasteiger partial charge < -0.3 is 10.1 Å². The number of nitrogens with one attached hydrogen (secondary N) is 1. The minimum Gasteiger partial charge on any atom is -0.492 e. The van der Waals surface area contributed by atoms with E-state index in [2.05, 4.69) is 5.32 Å². The van der Waals surface area contributed by atoms with Gasteiger partial charge in [-0.2, -0.15) is 0 Å². The minimum atomic E-state index is -3.59. The van der Waals surface area contributed by atoms with Crippen LogP contribution in [0.25, 0.3) is 0 Å². The number of sulfonamides is 1. The van der Waals surface area contributed by atoms with Crippen LogP contribution in [0.15, 0.2) is 66.7 Å². The Morgan fingerprint density at radius 3 is 2.24 bits per heavy atom. The van der Waals surface area contributed by atoms with Crippen LogP contribution >= 0.6 is 0 Å². The van der Waals surface area contributed by atoms with Crippen molar-refractivity contribution in [3.05, 3.63) is 94.8 Å². The summed E-state index contributed by atoms with van der Waals surface area (Å²) in [6.07, 6.45) is 1.10. The lowest BCUT2D eigenvalue weighted by molar-refractivity contribution is 0.0947. The molecule has 0 saturated carbocycles. The Morgan fingerprint density at radius 2 is 1.64 bits per heavy atom. The van der Waals surface area contributed by atoms with Gasteiger partial charge in [0, 0.05) is 5.56 Å². The predicted molar refractivity (Wildman–Crippen MR) is 128 cm³/mol. The molecule has 0 radical (unpaired) electrons. The van der Waals surface area contributed by atoms with Crippen LogP contribution in [-0.2, 0) is 16.6 Å². The molecule has 0 fully saturated rings. The molecule has 3 rings (SSSR count). The number of hydrogen-bond acceptors (Lipinski definition) is 4. The molecular formula is C25H27FN2O4S. The molecule has 0 aliphatic rings. The molecule has 1 N–H and O–H groups in total. The van der Waals surface area contributed by atoms with Crippen molar-refractivity contribution in [2.24, 2.45) is 0 Å². The minimum absolute atomic E-state index is 0.0560. The number of carbonyl (C=O) groups excluding carboxylic acids is 1. The lowest BCUT2D eigenvalue weighted by Gasteiger charge is -2.22. The number of hydrogen-bond donors (Lipinski definition) is 1. The average molecular weight is 471 g/mol. The Labute approximate surface area is 194 Å². The first-order chi connectivity index (χ1) is 15.6. The van der Waals surface area contributed by atoms with E-state index in [0.29, 0.717) is 30.0 Å². The number of rotatable bonds is 9. The molecule has 0 spiro atoms. The molecular weight excluding hydrogens is 443 g/mol. The molecule has 3 aromatic rings. The first-order valence-electron chi connectivity index (χ1n) is 10.4. The Balaban J connectivity index is 1.59. The van der Waals surface area contributed by atoms with Gasteiger partial charge in [-0.15, -0.1) is 0 Å². The van der Waals surface area contributed by atoms with Gasteiger partial charge in [-0.1, -0.05) is 18.2 Å². The second-order valence-corrected chi connectivity index (χ2v) is 9.70. The molecule has 1 amide bonds. The largest absolute Gasteiger partial charge is 0.492 e. The van der Waals surface area contributed by atoms with Crippen molar-refractivity contribution in [3.8, 4) is 5.75 Å². The van der Waals surface area contributed by atoms with E-state index >= 15 is 0 Å². The summed E-state index contributed by atoms with van der Waals surface area (Å²) in [5.41, 5.74) is 3.79. The highest BCUT2D eigenvalue weighted by molar-refractivity contribution is 7.92. The number of halogens is 1. The maximum atomic E-state index is 13.2. The molecule has 0 aromatic heterocycles. The summed E-state index contributed by atoms with van der Waals surface area (Å²) >= 11 is 0. The fourth-order valence-electron chi connectivity index (χ4n) is 3.17.